The second-order valence-corrected chi connectivity index (χ2v) is 5.18. The molecule has 17 heavy (non-hydrogen) atoms. The van der Waals surface area contributed by atoms with E-state index in [1.54, 1.807) is 0 Å². The number of ether oxygens (including phenoxy) is 1. The van der Waals surface area contributed by atoms with Crippen LogP contribution in [-0.4, -0.2) is 37.2 Å². The van der Waals surface area contributed by atoms with Crippen LogP contribution in [0.1, 0.15) is 24.3 Å². The van der Waals surface area contributed by atoms with Crippen molar-refractivity contribution in [1.82, 2.24) is 4.90 Å². The van der Waals surface area contributed by atoms with Crippen LogP contribution < -0.4 is 10.5 Å². The van der Waals surface area contributed by atoms with Crippen molar-refractivity contribution in [3.8, 4) is 5.75 Å². The fraction of sp³-hybridized carbons (Fsp3) is 0.571. The highest BCUT2D eigenvalue weighted by atomic mass is 16.5. The number of fused-ring (bicyclic) bond motifs is 1. The highest BCUT2D eigenvalue weighted by molar-refractivity contribution is 5.37. The van der Waals surface area contributed by atoms with Crippen molar-refractivity contribution in [1.29, 1.82) is 0 Å². The fourth-order valence-electron chi connectivity index (χ4n) is 2.95. The molecule has 0 aliphatic carbocycles. The molecule has 0 bridgehead atoms. The van der Waals surface area contributed by atoms with Crippen LogP contribution in [0.25, 0.3) is 0 Å². The Kier molecular flexibility index (Phi) is 3.04. The van der Waals surface area contributed by atoms with Crippen LogP contribution in [0, 0.1) is 0 Å². The summed E-state index contributed by atoms with van der Waals surface area (Å²) in [6, 6.07) is 8.82. The SMILES string of the molecule is N[C@H]1CCN(CC2CCOc3ccccc32)C1. The Morgan fingerprint density at radius 1 is 1.29 bits per heavy atom. The van der Waals surface area contributed by atoms with Gasteiger partial charge in [0.25, 0.3) is 0 Å². The van der Waals surface area contributed by atoms with Gasteiger partial charge in [-0.05, 0) is 31.0 Å². The summed E-state index contributed by atoms with van der Waals surface area (Å²) in [5, 5.41) is 0. The molecular weight excluding hydrogens is 212 g/mol. The van der Waals surface area contributed by atoms with Crippen molar-refractivity contribution < 1.29 is 4.74 Å². The molecule has 0 saturated carbocycles. The minimum absolute atomic E-state index is 0.380. The zero-order valence-corrected chi connectivity index (χ0v) is 10.1. The van der Waals surface area contributed by atoms with E-state index in [0.29, 0.717) is 12.0 Å². The molecule has 1 aromatic rings. The molecule has 1 saturated heterocycles. The quantitative estimate of drug-likeness (QED) is 0.841. The molecule has 1 unspecified atom stereocenters. The van der Waals surface area contributed by atoms with Gasteiger partial charge < -0.3 is 15.4 Å². The van der Waals surface area contributed by atoms with E-state index in [-0.39, 0.29) is 0 Å². The van der Waals surface area contributed by atoms with E-state index in [9.17, 15) is 0 Å². The maximum atomic E-state index is 5.96. The van der Waals surface area contributed by atoms with Gasteiger partial charge in [-0.2, -0.15) is 0 Å². The van der Waals surface area contributed by atoms with E-state index in [0.717, 1.165) is 44.8 Å². The van der Waals surface area contributed by atoms with E-state index >= 15 is 0 Å². The highest BCUT2D eigenvalue weighted by Gasteiger charge is 2.26. The minimum atomic E-state index is 0.380. The molecule has 2 atom stereocenters. The third kappa shape index (κ3) is 2.31. The molecule has 2 N–H and O–H groups in total. The summed E-state index contributed by atoms with van der Waals surface area (Å²) in [6.07, 6.45) is 2.27. The lowest BCUT2D eigenvalue weighted by Gasteiger charge is -2.29. The van der Waals surface area contributed by atoms with Gasteiger partial charge >= 0.3 is 0 Å². The molecule has 2 heterocycles. The highest BCUT2D eigenvalue weighted by Crippen LogP contribution is 2.34. The van der Waals surface area contributed by atoms with Gasteiger partial charge in [-0.1, -0.05) is 18.2 Å². The minimum Gasteiger partial charge on any atom is -0.493 e. The molecular formula is C14H20N2O. The van der Waals surface area contributed by atoms with Gasteiger partial charge in [-0.25, -0.2) is 0 Å². The van der Waals surface area contributed by atoms with Crippen LogP contribution in [0.15, 0.2) is 24.3 Å². The first-order chi connectivity index (χ1) is 8.33. The Labute approximate surface area is 103 Å². The van der Waals surface area contributed by atoms with Gasteiger partial charge in [0.1, 0.15) is 5.75 Å². The van der Waals surface area contributed by atoms with Gasteiger partial charge in [-0.15, -0.1) is 0 Å². The van der Waals surface area contributed by atoms with Crippen LogP contribution in [0.3, 0.4) is 0 Å². The number of para-hydroxylation sites is 1. The Balaban J connectivity index is 1.72. The summed E-state index contributed by atoms with van der Waals surface area (Å²) >= 11 is 0. The molecule has 1 fully saturated rings. The summed E-state index contributed by atoms with van der Waals surface area (Å²) in [6.45, 7) is 4.19. The number of benzene rings is 1. The molecule has 0 radical (unpaired) electrons. The average molecular weight is 232 g/mol. The van der Waals surface area contributed by atoms with Gasteiger partial charge in [0.15, 0.2) is 0 Å². The molecule has 2 aliphatic heterocycles. The number of nitrogens with zero attached hydrogens (tertiary/aromatic N) is 1. The van der Waals surface area contributed by atoms with Crippen molar-refractivity contribution >= 4 is 0 Å². The van der Waals surface area contributed by atoms with Gasteiger partial charge in [0.05, 0.1) is 6.61 Å². The maximum absolute atomic E-state index is 5.96. The third-order valence-electron chi connectivity index (χ3n) is 3.87. The van der Waals surface area contributed by atoms with Crippen molar-refractivity contribution in [2.75, 3.05) is 26.2 Å². The summed E-state index contributed by atoms with van der Waals surface area (Å²) in [4.78, 5) is 2.50. The second-order valence-electron chi connectivity index (χ2n) is 5.18. The van der Waals surface area contributed by atoms with Crippen LogP contribution >= 0.6 is 0 Å². The molecule has 1 aromatic carbocycles. The summed E-state index contributed by atoms with van der Waals surface area (Å²) in [7, 11) is 0. The number of nitrogens with two attached hydrogens (primary N) is 1. The molecule has 0 amide bonds. The molecule has 3 nitrogen and oxygen atoms in total. The van der Waals surface area contributed by atoms with Crippen molar-refractivity contribution in [3.05, 3.63) is 29.8 Å². The molecule has 3 rings (SSSR count). The van der Waals surface area contributed by atoms with Crippen LogP contribution in [0.4, 0.5) is 0 Å². The Hall–Kier alpha value is -1.06. The zero-order chi connectivity index (χ0) is 11.7. The first-order valence-electron chi connectivity index (χ1n) is 6.52. The average Bonchev–Trinajstić information content (AvgIpc) is 2.75. The number of hydrogen-bond acceptors (Lipinski definition) is 3. The monoisotopic (exact) mass is 232 g/mol. The summed E-state index contributed by atoms with van der Waals surface area (Å²) in [5.74, 6) is 1.69. The van der Waals surface area contributed by atoms with Crippen molar-refractivity contribution in [3.63, 3.8) is 0 Å². The normalized spacial score (nSPS) is 28.8. The summed E-state index contributed by atoms with van der Waals surface area (Å²) < 4.78 is 5.70. The van der Waals surface area contributed by atoms with Crippen LogP contribution in [0.2, 0.25) is 0 Å². The molecule has 92 valence electrons. The second kappa shape index (κ2) is 4.67. The first kappa shape index (κ1) is 11.1. The largest absolute Gasteiger partial charge is 0.493 e. The number of hydrogen-bond donors (Lipinski definition) is 1. The Morgan fingerprint density at radius 2 is 2.18 bits per heavy atom. The molecule has 0 spiro atoms. The predicted octanol–water partition coefficient (Wildman–Crippen LogP) is 1.59. The van der Waals surface area contributed by atoms with Crippen LogP contribution in [0.5, 0.6) is 5.75 Å². The maximum Gasteiger partial charge on any atom is 0.122 e. The van der Waals surface area contributed by atoms with Crippen LogP contribution in [-0.2, 0) is 0 Å². The van der Waals surface area contributed by atoms with E-state index < -0.39 is 0 Å². The van der Waals surface area contributed by atoms with Gasteiger partial charge in [-0.3, -0.25) is 0 Å². The molecule has 2 aliphatic rings. The Bertz CT molecular complexity index is 394. The lowest BCUT2D eigenvalue weighted by atomic mass is 9.93. The van der Waals surface area contributed by atoms with E-state index in [4.69, 9.17) is 10.5 Å². The van der Waals surface area contributed by atoms with E-state index in [1.807, 2.05) is 6.07 Å². The Morgan fingerprint density at radius 3 is 3.00 bits per heavy atom. The topological polar surface area (TPSA) is 38.5 Å². The lowest BCUT2D eigenvalue weighted by molar-refractivity contribution is 0.231. The summed E-state index contributed by atoms with van der Waals surface area (Å²) in [5.41, 5.74) is 7.33. The van der Waals surface area contributed by atoms with Crippen molar-refractivity contribution in [2.45, 2.75) is 24.8 Å². The standard InChI is InChI=1S/C14H20N2O/c15-12-5-7-16(10-12)9-11-6-8-17-14-4-2-1-3-13(11)14/h1-4,11-12H,5-10,15H2/t11?,12-/m0/s1. The van der Waals surface area contributed by atoms with Gasteiger partial charge in [0, 0.05) is 25.0 Å². The van der Waals surface area contributed by atoms with E-state index in [1.165, 1.54) is 5.56 Å². The number of rotatable bonds is 2. The lowest BCUT2D eigenvalue weighted by Crippen LogP contribution is -2.31. The van der Waals surface area contributed by atoms with Gasteiger partial charge in [0.2, 0.25) is 0 Å². The smallest absolute Gasteiger partial charge is 0.122 e. The first-order valence-corrected chi connectivity index (χ1v) is 6.52. The number of likely N-dealkylation sites (tertiary alicyclic amines) is 1. The molecule has 3 heteroatoms. The van der Waals surface area contributed by atoms with E-state index in [2.05, 4.69) is 23.1 Å². The zero-order valence-electron chi connectivity index (χ0n) is 10.1. The third-order valence-corrected chi connectivity index (χ3v) is 3.87. The van der Waals surface area contributed by atoms with Crippen molar-refractivity contribution in [2.24, 2.45) is 5.73 Å². The predicted molar refractivity (Wildman–Crippen MR) is 68.3 cm³/mol. The molecule has 0 aromatic heterocycles. The fourth-order valence-corrected chi connectivity index (χ4v) is 2.95.